The van der Waals surface area contributed by atoms with Crippen LogP contribution in [0.1, 0.15) is 25.7 Å². The molecule has 0 saturated heterocycles. The van der Waals surface area contributed by atoms with Crippen LogP contribution in [0.3, 0.4) is 0 Å². The Labute approximate surface area is 119 Å². The molecule has 1 aliphatic rings. The van der Waals surface area contributed by atoms with Crippen molar-refractivity contribution in [2.24, 2.45) is 0 Å². The highest BCUT2D eigenvalue weighted by Crippen LogP contribution is 2.37. The summed E-state index contributed by atoms with van der Waals surface area (Å²) < 4.78 is 18.9. The van der Waals surface area contributed by atoms with Crippen molar-refractivity contribution >= 4 is 17.3 Å². The number of rotatable bonds is 5. The normalized spacial score (nSPS) is 16.5. The number of aliphatic carboxylic acids is 1. The molecule has 0 aromatic heterocycles. The summed E-state index contributed by atoms with van der Waals surface area (Å²) in [5.74, 6) is -2.06. The number of carbonyl (C=O) groups is 1. The molecule has 0 spiro atoms. The molecule has 1 saturated carbocycles. The van der Waals surface area contributed by atoms with Crippen LogP contribution >= 0.6 is 0 Å². The predicted octanol–water partition coefficient (Wildman–Crippen LogP) is 2.55. The first-order valence-corrected chi connectivity index (χ1v) is 6.43. The van der Waals surface area contributed by atoms with Crippen LogP contribution in [0.2, 0.25) is 0 Å². The van der Waals surface area contributed by atoms with Crippen LogP contribution < -0.4 is 10.1 Å². The molecule has 0 aliphatic heterocycles. The van der Waals surface area contributed by atoms with E-state index in [1.165, 1.54) is 7.11 Å². The molecular formula is C13H15FN2O5. The maximum Gasteiger partial charge on any atom is 0.329 e. The molecule has 7 nitrogen and oxygen atoms in total. The molecule has 1 aromatic rings. The van der Waals surface area contributed by atoms with Gasteiger partial charge >= 0.3 is 11.7 Å². The zero-order chi connectivity index (χ0) is 15.6. The van der Waals surface area contributed by atoms with E-state index in [0.717, 1.165) is 25.0 Å². The summed E-state index contributed by atoms with van der Waals surface area (Å²) in [7, 11) is 1.23. The molecule has 114 valence electrons. The SMILES string of the molecule is COc1cc(NC2(C(=O)O)CCCC2)c(F)cc1[N+](=O)[O-]. The maximum absolute atomic E-state index is 14.0. The van der Waals surface area contributed by atoms with Crippen LogP contribution in [-0.2, 0) is 4.79 Å². The molecule has 1 fully saturated rings. The monoisotopic (exact) mass is 298 g/mol. The molecule has 0 unspecified atom stereocenters. The number of anilines is 1. The highest BCUT2D eigenvalue weighted by atomic mass is 19.1. The fourth-order valence-corrected chi connectivity index (χ4v) is 2.57. The predicted molar refractivity (Wildman–Crippen MR) is 72.1 cm³/mol. The van der Waals surface area contributed by atoms with E-state index in [1.54, 1.807) is 0 Å². The Balaban J connectivity index is 2.40. The van der Waals surface area contributed by atoms with Gasteiger partial charge in [0.1, 0.15) is 5.54 Å². The summed E-state index contributed by atoms with van der Waals surface area (Å²) in [4.78, 5) is 21.5. The van der Waals surface area contributed by atoms with Gasteiger partial charge in [-0.15, -0.1) is 0 Å². The zero-order valence-corrected chi connectivity index (χ0v) is 11.4. The van der Waals surface area contributed by atoms with Crippen LogP contribution in [0.4, 0.5) is 15.8 Å². The van der Waals surface area contributed by atoms with E-state index in [2.05, 4.69) is 5.32 Å². The first-order chi connectivity index (χ1) is 9.89. The molecule has 2 N–H and O–H groups in total. The standard InChI is InChI=1S/C13H15FN2O5/c1-21-11-7-9(8(14)6-10(11)16(19)20)15-13(12(17)18)4-2-3-5-13/h6-7,15H,2-5H2,1H3,(H,17,18). The van der Waals surface area contributed by atoms with Crippen LogP contribution in [0, 0.1) is 15.9 Å². The molecular weight excluding hydrogens is 283 g/mol. The van der Waals surface area contributed by atoms with Crippen molar-refractivity contribution in [2.45, 2.75) is 31.2 Å². The van der Waals surface area contributed by atoms with Crippen molar-refractivity contribution in [2.75, 3.05) is 12.4 Å². The second-order valence-electron chi connectivity index (χ2n) is 4.98. The van der Waals surface area contributed by atoms with Crippen molar-refractivity contribution < 1.29 is 24.0 Å². The third-order valence-corrected chi connectivity index (χ3v) is 3.71. The van der Waals surface area contributed by atoms with Crippen LogP contribution in [0.25, 0.3) is 0 Å². The lowest BCUT2D eigenvalue weighted by atomic mass is 9.97. The number of nitrogens with zero attached hydrogens (tertiary/aromatic N) is 1. The van der Waals surface area contributed by atoms with E-state index in [9.17, 15) is 24.4 Å². The third-order valence-electron chi connectivity index (χ3n) is 3.71. The lowest BCUT2D eigenvalue weighted by molar-refractivity contribution is -0.385. The Hall–Kier alpha value is -2.38. The lowest BCUT2D eigenvalue weighted by Crippen LogP contribution is -2.43. The topological polar surface area (TPSA) is 102 Å². The van der Waals surface area contributed by atoms with E-state index >= 15 is 0 Å². The number of hydrogen-bond donors (Lipinski definition) is 2. The molecule has 0 radical (unpaired) electrons. The van der Waals surface area contributed by atoms with Gasteiger partial charge < -0.3 is 15.2 Å². The molecule has 2 rings (SSSR count). The minimum atomic E-state index is -1.23. The average Bonchev–Trinajstić information content (AvgIpc) is 2.90. The van der Waals surface area contributed by atoms with Gasteiger partial charge in [-0.05, 0) is 12.8 Å². The lowest BCUT2D eigenvalue weighted by Gasteiger charge is -2.27. The summed E-state index contributed by atoms with van der Waals surface area (Å²) in [5, 5.41) is 22.9. The van der Waals surface area contributed by atoms with Gasteiger partial charge in [0.15, 0.2) is 11.6 Å². The Morgan fingerprint density at radius 2 is 2.10 bits per heavy atom. The molecule has 1 aromatic carbocycles. The smallest absolute Gasteiger partial charge is 0.329 e. The minimum Gasteiger partial charge on any atom is -0.490 e. The molecule has 8 heteroatoms. The van der Waals surface area contributed by atoms with Gasteiger partial charge in [0.05, 0.1) is 23.8 Å². The Morgan fingerprint density at radius 3 is 2.57 bits per heavy atom. The fraction of sp³-hybridized carbons (Fsp3) is 0.462. The zero-order valence-electron chi connectivity index (χ0n) is 11.4. The number of carboxylic acid groups (broad SMARTS) is 1. The van der Waals surface area contributed by atoms with E-state index in [4.69, 9.17) is 4.74 Å². The molecule has 0 atom stereocenters. The van der Waals surface area contributed by atoms with Gasteiger partial charge in [-0.1, -0.05) is 12.8 Å². The van der Waals surface area contributed by atoms with Crippen LogP contribution in [-0.4, -0.2) is 28.6 Å². The third kappa shape index (κ3) is 2.74. The number of methoxy groups -OCH3 is 1. The highest BCUT2D eigenvalue weighted by molar-refractivity contribution is 5.83. The first-order valence-electron chi connectivity index (χ1n) is 6.43. The van der Waals surface area contributed by atoms with Crippen molar-refractivity contribution in [3.05, 3.63) is 28.1 Å². The second kappa shape index (κ2) is 5.55. The average molecular weight is 298 g/mol. The van der Waals surface area contributed by atoms with Crippen molar-refractivity contribution in [1.82, 2.24) is 0 Å². The van der Waals surface area contributed by atoms with Crippen molar-refractivity contribution in [3.63, 3.8) is 0 Å². The number of nitro groups is 1. The molecule has 0 amide bonds. The second-order valence-corrected chi connectivity index (χ2v) is 4.98. The number of nitro benzene ring substituents is 1. The van der Waals surface area contributed by atoms with Gasteiger partial charge in [0, 0.05) is 6.07 Å². The van der Waals surface area contributed by atoms with Crippen molar-refractivity contribution in [3.8, 4) is 5.75 Å². The van der Waals surface area contributed by atoms with E-state index < -0.39 is 27.9 Å². The number of halogens is 1. The van der Waals surface area contributed by atoms with Crippen LogP contribution in [0.5, 0.6) is 5.75 Å². The summed E-state index contributed by atoms with van der Waals surface area (Å²) >= 11 is 0. The summed E-state index contributed by atoms with van der Waals surface area (Å²) in [6, 6.07) is 1.85. The molecule has 21 heavy (non-hydrogen) atoms. The summed E-state index contributed by atoms with van der Waals surface area (Å²) in [5.41, 5.74) is -1.85. The summed E-state index contributed by atoms with van der Waals surface area (Å²) in [6.07, 6.45) is 2.21. The van der Waals surface area contributed by atoms with E-state index in [1.807, 2.05) is 0 Å². The fourth-order valence-electron chi connectivity index (χ4n) is 2.57. The molecule has 0 heterocycles. The molecule has 1 aliphatic carbocycles. The molecule has 0 bridgehead atoms. The largest absolute Gasteiger partial charge is 0.490 e. The summed E-state index contributed by atoms with van der Waals surface area (Å²) in [6.45, 7) is 0. The number of ether oxygens (including phenoxy) is 1. The maximum atomic E-state index is 14.0. The Morgan fingerprint density at radius 1 is 1.48 bits per heavy atom. The number of nitrogens with one attached hydrogen (secondary N) is 1. The first kappa shape index (κ1) is 15.0. The van der Waals surface area contributed by atoms with E-state index in [-0.39, 0.29) is 11.4 Å². The van der Waals surface area contributed by atoms with Gasteiger partial charge in [-0.2, -0.15) is 0 Å². The highest BCUT2D eigenvalue weighted by Gasteiger charge is 2.42. The van der Waals surface area contributed by atoms with Gasteiger partial charge in [0.2, 0.25) is 0 Å². The number of hydrogen-bond acceptors (Lipinski definition) is 5. The minimum absolute atomic E-state index is 0.109. The van der Waals surface area contributed by atoms with Crippen LogP contribution in [0.15, 0.2) is 12.1 Å². The van der Waals surface area contributed by atoms with Gasteiger partial charge in [0.25, 0.3) is 0 Å². The quantitative estimate of drug-likeness (QED) is 0.640. The van der Waals surface area contributed by atoms with Crippen molar-refractivity contribution in [1.29, 1.82) is 0 Å². The van der Waals surface area contributed by atoms with E-state index in [0.29, 0.717) is 12.8 Å². The Bertz CT molecular complexity index is 584. The van der Waals surface area contributed by atoms with Gasteiger partial charge in [-0.3, -0.25) is 10.1 Å². The number of benzene rings is 1. The van der Waals surface area contributed by atoms with Gasteiger partial charge in [-0.25, -0.2) is 9.18 Å². The Kier molecular flexibility index (Phi) is 3.97. The number of carboxylic acids is 1.